The maximum Gasteiger partial charge on any atom is 0.418 e. The van der Waals surface area contributed by atoms with Gasteiger partial charge < -0.3 is 10.6 Å². The van der Waals surface area contributed by atoms with Crippen molar-refractivity contribution in [2.75, 3.05) is 10.6 Å². The fraction of sp³-hybridized carbons (Fsp3) is 0.0800. The number of carbonyl (C=O) groups excluding carboxylic acids is 2. The highest BCUT2D eigenvalue weighted by Gasteiger charge is 2.34. The summed E-state index contributed by atoms with van der Waals surface area (Å²) in [4.78, 5) is 29.1. The van der Waals surface area contributed by atoms with Crippen LogP contribution in [-0.4, -0.2) is 16.8 Å². The van der Waals surface area contributed by atoms with Gasteiger partial charge in [0.15, 0.2) is 0 Å². The summed E-state index contributed by atoms with van der Waals surface area (Å²) in [7, 11) is 0. The van der Waals surface area contributed by atoms with Crippen LogP contribution < -0.4 is 10.6 Å². The number of hydrogen-bond donors (Lipinski definition) is 2. The molecule has 0 unspecified atom stereocenters. The largest absolute Gasteiger partial charge is 0.418 e. The van der Waals surface area contributed by atoms with Crippen molar-refractivity contribution in [2.24, 2.45) is 0 Å². The summed E-state index contributed by atoms with van der Waals surface area (Å²) >= 11 is 1.24. The molecule has 0 aliphatic heterocycles. The maximum absolute atomic E-state index is 13.7. The molecule has 0 aliphatic rings. The Balaban J connectivity index is 1.50. The number of amides is 2. The lowest BCUT2D eigenvalue weighted by Crippen LogP contribution is -2.18. The van der Waals surface area contributed by atoms with E-state index in [1.54, 1.807) is 0 Å². The number of thiazole rings is 1. The Morgan fingerprint density at radius 2 is 1.60 bits per heavy atom. The molecule has 0 radical (unpaired) electrons. The molecule has 0 bridgehead atoms. The first-order valence-corrected chi connectivity index (χ1v) is 11.1. The number of carbonyl (C=O) groups is 2. The number of nitrogens with zero attached hydrogens (tertiary/aromatic N) is 1. The number of halogens is 4. The molecule has 1 heterocycles. The van der Waals surface area contributed by atoms with Crippen molar-refractivity contribution in [2.45, 2.75) is 12.6 Å². The second-order valence-electron chi connectivity index (χ2n) is 7.46. The summed E-state index contributed by atoms with van der Waals surface area (Å²) in [5.41, 5.74) is -0.674. The zero-order valence-corrected chi connectivity index (χ0v) is 18.7. The van der Waals surface area contributed by atoms with Crippen molar-refractivity contribution >= 4 is 34.5 Å². The Bertz CT molecular complexity index is 1350. The molecule has 2 N–H and O–H groups in total. The summed E-state index contributed by atoms with van der Waals surface area (Å²) in [5.74, 6) is -2.04. The SMILES string of the molecule is O=C(Nc1ccc(NC(=O)c2csc(Cc3ccccc3)n2)c(C(F)(F)F)c1)c1ccc(F)cc1. The highest BCUT2D eigenvalue weighted by molar-refractivity contribution is 7.09. The Labute approximate surface area is 201 Å². The standard InChI is InChI=1S/C25H17F4N3O2S/c26-17-8-6-16(7-9-17)23(33)30-18-10-11-20(19(13-18)25(27,28)29)32-24(34)21-14-35-22(31-21)12-15-4-2-1-3-5-15/h1-11,13-14H,12H2,(H,30,33)(H,32,34). The predicted molar refractivity (Wildman–Crippen MR) is 125 cm³/mol. The van der Waals surface area contributed by atoms with Crippen molar-refractivity contribution in [3.8, 4) is 0 Å². The maximum atomic E-state index is 13.7. The molecule has 0 saturated heterocycles. The van der Waals surface area contributed by atoms with Crippen molar-refractivity contribution < 1.29 is 27.2 Å². The minimum Gasteiger partial charge on any atom is -0.322 e. The van der Waals surface area contributed by atoms with Gasteiger partial charge in [0.25, 0.3) is 11.8 Å². The van der Waals surface area contributed by atoms with Crippen LogP contribution in [-0.2, 0) is 12.6 Å². The first-order valence-electron chi connectivity index (χ1n) is 10.3. The van der Waals surface area contributed by atoms with E-state index in [0.29, 0.717) is 11.4 Å². The molecule has 5 nitrogen and oxygen atoms in total. The Morgan fingerprint density at radius 3 is 2.29 bits per heavy atom. The van der Waals surface area contributed by atoms with Gasteiger partial charge >= 0.3 is 6.18 Å². The zero-order chi connectivity index (χ0) is 25.0. The summed E-state index contributed by atoms with van der Waals surface area (Å²) in [6, 6.07) is 17.0. The number of benzene rings is 3. The van der Waals surface area contributed by atoms with Gasteiger partial charge in [-0.3, -0.25) is 9.59 Å². The molecule has 0 fully saturated rings. The van der Waals surface area contributed by atoms with Gasteiger partial charge in [-0.05, 0) is 48.0 Å². The van der Waals surface area contributed by atoms with Gasteiger partial charge in [0.1, 0.15) is 11.5 Å². The van der Waals surface area contributed by atoms with Gasteiger partial charge in [0.05, 0.1) is 16.3 Å². The molecule has 0 spiro atoms. The number of anilines is 2. The third-order valence-electron chi connectivity index (χ3n) is 4.92. The lowest BCUT2D eigenvalue weighted by atomic mass is 10.1. The van der Waals surface area contributed by atoms with Crippen LogP contribution >= 0.6 is 11.3 Å². The van der Waals surface area contributed by atoms with E-state index in [4.69, 9.17) is 0 Å². The molecule has 1 aromatic heterocycles. The Morgan fingerprint density at radius 1 is 0.886 bits per heavy atom. The van der Waals surface area contributed by atoms with Gasteiger partial charge in [-0.15, -0.1) is 11.3 Å². The van der Waals surface area contributed by atoms with Crippen LogP contribution in [0.1, 0.15) is 37.0 Å². The summed E-state index contributed by atoms with van der Waals surface area (Å²) in [6.45, 7) is 0. The smallest absolute Gasteiger partial charge is 0.322 e. The van der Waals surface area contributed by atoms with Crippen molar-refractivity contribution in [3.05, 3.63) is 111 Å². The zero-order valence-electron chi connectivity index (χ0n) is 17.9. The van der Waals surface area contributed by atoms with E-state index < -0.39 is 35.1 Å². The molecule has 0 atom stereocenters. The number of hydrogen-bond acceptors (Lipinski definition) is 4. The third kappa shape index (κ3) is 6.10. The molecule has 178 valence electrons. The highest BCUT2D eigenvalue weighted by Crippen LogP contribution is 2.37. The van der Waals surface area contributed by atoms with E-state index in [9.17, 15) is 27.2 Å². The minimum absolute atomic E-state index is 0.00254. The molecule has 0 saturated carbocycles. The van der Waals surface area contributed by atoms with E-state index in [2.05, 4.69) is 15.6 Å². The fourth-order valence-electron chi connectivity index (χ4n) is 3.22. The predicted octanol–water partition coefficient (Wildman–Crippen LogP) is 6.40. The average Bonchev–Trinajstić information content (AvgIpc) is 3.29. The van der Waals surface area contributed by atoms with Gasteiger partial charge in [0, 0.05) is 23.1 Å². The second-order valence-corrected chi connectivity index (χ2v) is 8.40. The number of aromatic nitrogens is 1. The molecule has 0 aliphatic carbocycles. The topological polar surface area (TPSA) is 71.1 Å². The van der Waals surface area contributed by atoms with Crippen molar-refractivity contribution in [3.63, 3.8) is 0 Å². The first kappa shape index (κ1) is 24.1. The van der Waals surface area contributed by atoms with Crippen LogP contribution in [0, 0.1) is 5.82 Å². The minimum atomic E-state index is -4.81. The van der Waals surface area contributed by atoms with E-state index in [1.165, 1.54) is 34.9 Å². The molecule has 4 aromatic rings. The van der Waals surface area contributed by atoms with Gasteiger partial charge in [-0.1, -0.05) is 30.3 Å². The summed E-state index contributed by atoms with van der Waals surface area (Å²) in [5, 5.41) is 6.74. The molecular weight excluding hydrogens is 482 g/mol. The van der Waals surface area contributed by atoms with E-state index >= 15 is 0 Å². The third-order valence-corrected chi connectivity index (χ3v) is 5.77. The fourth-order valence-corrected chi connectivity index (χ4v) is 4.03. The van der Waals surface area contributed by atoms with Crippen LogP contribution in [0.15, 0.2) is 78.2 Å². The van der Waals surface area contributed by atoms with E-state index in [-0.39, 0.29) is 16.9 Å². The number of nitrogens with one attached hydrogen (secondary N) is 2. The molecule has 4 rings (SSSR count). The van der Waals surface area contributed by atoms with E-state index in [0.717, 1.165) is 29.8 Å². The molecular formula is C25H17F4N3O2S. The van der Waals surface area contributed by atoms with Crippen LogP contribution in [0.3, 0.4) is 0 Å². The molecule has 3 aromatic carbocycles. The highest BCUT2D eigenvalue weighted by atomic mass is 32.1. The molecule has 10 heteroatoms. The first-order chi connectivity index (χ1) is 16.7. The summed E-state index contributed by atoms with van der Waals surface area (Å²) < 4.78 is 54.2. The lowest BCUT2D eigenvalue weighted by molar-refractivity contribution is -0.136. The van der Waals surface area contributed by atoms with Crippen LogP contribution in [0.4, 0.5) is 28.9 Å². The average molecular weight is 499 g/mol. The van der Waals surface area contributed by atoms with Gasteiger partial charge in [-0.25, -0.2) is 9.37 Å². The normalized spacial score (nSPS) is 11.2. The quantitative estimate of drug-likeness (QED) is 0.302. The van der Waals surface area contributed by atoms with Crippen molar-refractivity contribution in [1.82, 2.24) is 4.98 Å². The van der Waals surface area contributed by atoms with E-state index in [1.807, 2.05) is 30.3 Å². The Hall–Kier alpha value is -4.05. The lowest BCUT2D eigenvalue weighted by Gasteiger charge is -2.15. The van der Waals surface area contributed by atoms with Crippen molar-refractivity contribution in [1.29, 1.82) is 0 Å². The van der Waals surface area contributed by atoms with Gasteiger partial charge in [-0.2, -0.15) is 13.2 Å². The monoisotopic (exact) mass is 499 g/mol. The number of rotatable bonds is 6. The molecule has 2 amide bonds. The molecule has 35 heavy (non-hydrogen) atoms. The number of alkyl halides is 3. The summed E-state index contributed by atoms with van der Waals surface area (Å²) in [6.07, 6.45) is -4.31. The van der Waals surface area contributed by atoms with Crippen LogP contribution in [0.25, 0.3) is 0 Å². The van der Waals surface area contributed by atoms with Gasteiger partial charge in [0.2, 0.25) is 0 Å². The van der Waals surface area contributed by atoms with Crippen LogP contribution in [0.2, 0.25) is 0 Å². The second kappa shape index (κ2) is 10.1. The van der Waals surface area contributed by atoms with Crippen LogP contribution in [0.5, 0.6) is 0 Å². The Kier molecular flexibility index (Phi) is 6.92.